The van der Waals surface area contributed by atoms with Crippen molar-refractivity contribution in [2.45, 2.75) is 19.8 Å². The predicted octanol–water partition coefficient (Wildman–Crippen LogP) is 0.142. The minimum atomic E-state index is -0.267. The van der Waals surface area contributed by atoms with Gasteiger partial charge in [0, 0.05) is 12.8 Å². The summed E-state index contributed by atoms with van der Waals surface area (Å²) in [5.41, 5.74) is 0. The number of piperazine rings is 1. The van der Waals surface area contributed by atoms with E-state index in [1.54, 1.807) is 11.9 Å². The summed E-state index contributed by atoms with van der Waals surface area (Å²) in [7, 11) is 1.62. The fraction of sp³-hybridized carbons (Fsp3) is 0.800. The van der Waals surface area contributed by atoms with Gasteiger partial charge < -0.3 is 19.5 Å². The highest BCUT2D eigenvalue weighted by molar-refractivity contribution is 5.83. The number of Topliss-reactive ketones (excluding diaryl/α,β-unsaturated/α-hetero) is 1. The normalized spacial score (nSPS) is 20.1. The third kappa shape index (κ3) is 3.97. The number of rotatable bonds is 3. The molecule has 1 aliphatic heterocycles. The number of hydrogen-bond acceptors (Lipinski definition) is 3. The van der Waals surface area contributed by atoms with E-state index in [9.17, 15) is 14.8 Å². The maximum atomic E-state index is 11.6. The Morgan fingerprint density at radius 1 is 1.27 bits per heavy atom. The molecule has 86 valence electrons. The zero-order chi connectivity index (χ0) is 11.5. The quantitative estimate of drug-likeness (QED) is 0.496. The number of hydrogen-bond donors (Lipinski definition) is 0. The van der Waals surface area contributed by atoms with E-state index in [0.29, 0.717) is 32.6 Å². The summed E-state index contributed by atoms with van der Waals surface area (Å²) >= 11 is 0. The molecule has 15 heavy (non-hydrogen) atoms. The molecular formula is C10H18N2O3. The lowest BCUT2D eigenvalue weighted by Crippen LogP contribution is -2.55. The maximum absolute atomic E-state index is 11.6. The van der Waals surface area contributed by atoms with Crippen molar-refractivity contribution in [1.29, 1.82) is 0 Å². The van der Waals surface area contributed by atoms with E-state index in [1.165, 1.54) is 6.92 Å². The summed E-state index contributed by atoms with van der Waals surface area (Å²) in [6.07, 6.45) is 0.580. The summed E-state index contributed by atoms with van der Waals surface area (Å²) in [6, 6.07) is 0. The summed E-state index contributed by atoms with van der Waals surface area (Å²) < 4.78 is -0.267. The molecule has 0 atom stereocenters. The zero-order valence-corrected chi connectivity index (χ0v) is 9.36. The fourth-order valence-electron chi connectivity index (χ4n) is 1.58. The average molecular weight is 214 g/mol. The first-order valence-corrected chi connectivity index (χ1v) is 5.23. The van der Waals surface area contributed by atoms with Gasteiger partial charge in [-0.25, -0.2) is 0 Å². The Bertz CT molecular complexity index is 253. The highest BCUT2D eigenvalue weighted by Gasteiger charge is 2.24. The molecule has 0 aromatic carbocycles. The minimum absolute atomic E-state index is 0.00935. The van der Waals surface area contributed by atoms with E-state index in [-0.39, 0.29) is 22.8 Å². The van der Waals surface area contributed by atoms with Crippen LogP contribution in [0, 0.1) is 5.21 Å². The first kappa shape index (κ1) is 12.1. The fourth-order valence-corrected chi connectivity index (χ4v) is 1.58. The first-order valence-electron chi connectivity index (χ1n) is 5.23. The van der Waals surface area contributed by atoms with Crippen LogP contribution in [0.15, 0.2) is 0 Å². The Morgan fingerprint density at radius 2 is 1.80 bits per heavy atom. The molecule has 1 aliphatic rings. The number of carbonyl (C=O) groups excluding carboxylic acids is 2. The topological polar surface area (TPSA) is 60.4 Å². The van der Waals surface area contributed by atoms with Crippen LogP contribution in [-0.4, -0.2) is 54.5 Å². The van der Waals surface area contributed by atoms with Crippen molar-refractivity contribution in [1.82, 2.24) is 4.90 Å². The Kier molecular flexibility index (Phi) is 3.82. The van der Waals surface area contributed by atoms with Gasteiger partial charge in [0.15, 0.2) is 0 Å². The molecule has 1 heterocycles. The standard InChI is InChI=1S/C10H18N2O3/c1-9(13)3-4-10(14)11-5-7-12(2,15)8-6-11/h3-8H2,1-2H3. The van der Waals surface area contributed by atoms with Crippen molar-refractivity contribution in [3.8, 4) is 0 Å². The van der Waals surface area contributed by atoms with Gasteiger partial charge in [0.05, 0.1) is 33.2 Å². The van der Waals surface area contributed by atoms with Crippen LogP contribution in [0.25, 0.3) is 0 Å². The lowest BCUT2D eigenvalue weighted by atomic mass is 10.2. The van der Waals surface area contributed by atoms with E-state index in [2.05, 4.69) is 0 Å². The Labute approximate surface area is 89.8 Å². The van der Waals surface area contributed by atoms with Crippen LogP contribution in [0.4, 0.5) is 0 Å². The van der Waals surface area contributed by atoms with Crippen molar-refractivity contribution in [2.24, 2.45) is 0 Å². The first-order chi connectivity index (χ1) is 6.91. The molecule has 0 saturated carbocycles. The van der Waals surface area contributed by atoms with Gasteiger partial charge in [-0.05, 0) is 6.92 Å². The smallest absolute Gasteiger partial charge is 0.223 e. The van der Waals surface area contributed by atoms with Gasteiger partial charge in [-0.2, -0.15) is 0 Å². The van der Waals surface area contributed by atoms with Crippen molar-refractivity contribution in [2.75, 3.05) is 33.2 Å². The number of likely N-dealkylation sites (N-methyl/N-ethyl adjacent to an activating group) is 1. The molecule has 5 heteroatoms. The number of nitrogens with zero attached hydrogens (tertiary/aromatic N) is 2. The minimum Gasteiger partial charge on any atom is -0.633 e. The Morgan fingerprint density at radius 3 is 2.27 bits per heavy atom. The van der Waals surface area contributed by atoms with Crippen LogP contribution < -0.4 is 0 Å². The molecule has 1 amide bonds. The van der Waals surface area contributed by atoms with Crippen molar-refractivity contribution < 1.29 is 14.2 Å². The van der Waals surface area contributed by atoms with E-state index >= 15 is 0 Å². The second kappa shape index (κ2) is 4.72. The summed E-state index contributed by atoms with van der Waals surface area (Å²) in [4.78, 5) is 24.0. The molecule has 0 N–H and O–H groups in total. The van der Waals surface area contributed by atoms with Crippen LogP contribution in [0.3, 0.4) is 0 Å². The lowest BCUT2D eigenvalue weighted by Gasteiger charge is -2.45. The molecule has 1 fully saturated rings. The second-order valence-electron chi connectivity index (χ2n) is 4.33. The van der Waals surface area contributed by atoms with Crippen LogP contribution >= 0.6 is 0 Å². The second-order valence-corrected chi connectivity index (χ2v) is 4.33. The van der Waals surface area contributed by atoms with Crippen LogP contribution in [-0.2, 0) is 9.59 Å². The third-order valence-electron chi connectivity index (χ3n) is 2.73. The molecule has 0 spiro atoms. The molecule has 0 unspecified atom stereocenters. The van der Waals surface area contributed by atoms with Gasteiger partial charge in [0.25, 0.3) is 0 Å². The third-order valence-corrected chi connectivity index (χ3v) is 2.73. The van der Waals surface area contributed by atoms with Gasteiger partial charge >= 0.3 is 0 Å². The lowest BCUT2D eigenvalue weighted by molar-refractivity contribution is -0.864. The summed E-state index contributed by atoms with van der Waals surface area (Å²) in [5, 5.41) is 11.5. The molecule has 0 bridgehead atoms. The number of quaternary nitrogens is 1. The molecule has 0 aromatic rings. The average Bonchev–Trinajstić information content (AvgIpc) is 2.14. The SMILES string of the molecule is CC(=O)CCC(=O)N1CC[N+](C)([O-])CC1. The van der Waals surface area contributed by atoms with E-state index in [1.807, 2.05) is 0 Å². The van der Waals surface area contributed by atoms with Crippen LogP contribution in [0.2, 0.25) is 0 Å². The van der Waals surface area contributed by atoms with Gasteiger partial charge in [-0.3, -0.25) is 4.79 Å². The molecule has 0 radical (unpaired) electrons. The highest BCUT2D eigenvalue weighted by Crippen LogP contribution is 2.09. The Balaban J connectivity index is 2.33. The van der Waals surface area contributed by atoms with Crippen molar-refractivity contribution >= 4 is 11.7 Å². The largest absolute Gasteiger partial charge is 0.633 e. The van der Waals surface area contributed by atoms with Gasteiger partial charge in [-0.1, -0.05) is 0 Å². The van der Waals surface area contributed by atoms with Gasteiger partial charge in [-0.15, -0.1) is 0 Å². The number of carbonyl (C=O) groups is 2. The zero-order valence-electron chi connectivity index (χ0n) is 9.36. The van der Waals surface area contributed by atoms with Crippen LogP contribution in [0.5, 0.6) is 0 Å². The van der Waals surface area contributed by atoms with E-state index in [4.69, 9.17) is 0 Å². The molecule has 1 saturated heterocycles. The molecule has 5 nitrogen and oxygen atoms in total. The number of ketones is 1. The van der Waals surface area contributed by atoms with Crippen LogP contribution in [0.1, 0.15) is 19.8 Å². The predicted molar refractivity (Wildman–Crippen MR) is 55.8 cm³/mol. The van der Waals surface area contributed by atoms with Crippen molar-refractivity contribution in [3.05, 3.63) is 5.21 Å². The summed E-state index contributed by atoms with van der Waals surface area (Å²) in [6.45, 7) is 3.40. The van der Waals surface area contributed by atoms with Gasteiger partial charge in [0.1, 0.15) is 5.78 Å². The number of hydroxylamine groups is 3. The van der Waals surface area contributed by atoms with E-state index < -0.39 is 0 Å². The summed E-state index contributed by atoms with van der Waals surface area (Å²) in [5.74, 6) is 0.0229. The molecule has 1 rings (SSSR count). The number of amides is 1. The van der Waals surface area contributed by atoms with E-state index in [0.717, 1.165) is 0 Å². The maximum Gasteiger partial charge on any atom is 0.223 e. The van der Waals surface area contributed by atoms with Gasteiger partial charge in [0.2, 0.25) is 5.91 Å². The Hall–Kier alpha value is -0.940. The molecule has 0 aromatic heterocycles. The molecular weight excluding hydrogens is 196 g/mol. The monoisotopic (exact) mass is 214 g/mol. The van der Waals surface area contributed by atoms with Crippen molar-refractivity contribution in [3.63, 3.8) is 0 Å². The highest BCUT2D eigenvalue weighted by atomic mass is 16.5. The molecule has 0 aliphatic carbocycles.